The molecule has 0 aliphatic heterocycles. The molecule has 2 aromatic carbocycles. The molecule has 3 aromatic rings. The highest BCUT2D eigenvalue weighted by Gasteiger charge is 2.14. The van der Waals surface area contributed by atoms with Crippen LogP contribution in [0.3, 0.4) is 0 Å². The molecule has 0 aliphatic carbocycles. The van der Waals surface area contributed by atoms with Gasteiger partial charge >= 0.3 is 0 Å². The fourth-order valence-corrected chi connectivity index (χ4v) is 2.90. The number of ether oxygens (including phenoxy) is 2. The Morgan fingerprint density at radius 3 is 2.50 bits per heavy atom. The second kappa shape index (κ2) is 7.14. The second-order valence-corrected chi connectivity index (χ2v) is 5.83. The van der Waals surface area contributed by atoms with Crippen LogP contribution in [0.1, 0.15) is 10.4 Å². The van der Waals surface area contributed by atoms with Gasteiger partial charge < -0.3 is 14.8 Å². The summed E-state index contributed by atoms with van der Waals surface area (Å²) in [5, 5.41) is 5.74. The summed E-state index contributed by atoms with van der Waals surface area (Å²) in [6.07, 6.45) is 1.77. The van der Waals surface area contributed by atoms with Gasteiger partial charge in [0, 0.05) is 22.8 Å². The summed E-state index contributed by atoms with van der Waals surface area (Å²) < 4.78 is 10.4. The van der Waals surface area contributed by atoms with Crippen LogP contribution in [0.2, 0.25) is 0 Å². The Morgan fingerprint density at radius 2 is 1.88 bits per heavy atom. The average Bonchev–Trinajstić information content (AvgIpc) is 3.16. The standard InChI is InChI=1S/C18H16N2O3S/c1-22-14-7-8-16(23-2)15(11-14)17(21)20-13-5-3-12(4-6-13)18-19-9-10-24-18/h3-11H,1-2H3,(H,20,21). The largest absolute Gasteiger partial charge is 0.497 e. The monoisotopic (exact) mass is 340 g/mol. The summed E-state index contributed by atoms with van der Waals surface area (Å²) in [6.45, 7) is 0. The van der Waals surface area contributed by atoms with E-state index in [1.54, 1.807) is 42.8 Å². The van der Waals surface area contributed by atoms with E-state index in [1.165, 1.54) is 7.11 Å². The molecule has 0 bridgehead atoms. The lowest BCUT2D eigenvalue weighted by Crippen LogP contribution is -2.13. The number of rotatable bonds is 5. The maximum Gasteiger partial charge on any atom is 0.259 e. The van der Waals surface area contributed by atoms with E-state index in [2.05, 4.69) is 10.3 Å². The van der Waals surface area contributed by atoms with Gasteiger partial charge in [0.25, 0.3) is 5.91 Å². The molecular weight excluding hydrogens is 324 g/mol. The highest BCUT2D eigenvalue weighted by Crippen LogP contribution is 2.26. The first-order chi connectivity index (χ1) is 11.7. The number of aromatic nitrogens is 1. The topological polar surface area (TPSA) is 60.5 Å². The van der Waals surface area contributed by atoms with Gasteiger partial charge in [-0.25, -0.2) is 4.98 Å². The number of amides is 1. The number of nitrogens with zero attached hydrogens (tertiary/aromatic N) is 1. The smallest absolute Gasteiger partial charge is 0.259 e. The normalized spacial score (nSPS) is 10.2. The van der Waals surface area contributed by atoms with Crippen LogP contribution in [0.4, 0.5) is 5.69 Å². The third-order valence-electron chi connectivity index (χ3n) is 3.47. The molecule has 122 valence electrons. The van der Waals surface area contributed by atoms with Gasteiger partial charge in [-0.05, 0) is 42.5 Å². The molecule has 1 amide bonds. The third-order valence-corrected chi connectivity index (χ3v) is 4.30. The molecule has 0 spiro atoms. The van der Waals surface area contributed by atoms with Gasteiger partial charge in [-0.15, -0.1) is 11.3 Å². The lowest BCUT2D eigenvalue weighted by atomic mass is 10.1. The SMILES string of the molecule is COc1ccc(OC)c(C(=O)Nc2ccc(-c3nccs3)cc2)c1. The molecule has 6 heteroatoms. The first kappa shape index (κ1) is 16.0. The molecule has 0 saturated carbocycles. The molecule has 0 aliphatic rings. The number of nitrogens with one attached hydrogen (secondary N) is 1. The Labute approximate surface area is 143 Å². The lowest BCUT2D eigenvalue weighted by molar-refractivity contribution is 0.102. The van der Waals surface area contributed by atoms with Crippen molar-refractivity contribution >= 4 is 22.9 Å². The molecule has 24 heavy (non-hydrogen) atoms. The highest BCUT2D eigenvalue weighted by atomic mass is 32.1. The maximum absolute atomic E-state index is 12.5. The van der Waals surface area contributed by atoms with Crippen LogP contribution in [0.15, 0.2) is 54.0 Å². The Kier molecular flexibility index (Phi) is 4.77. The van der Waals surface area contributed by atoms with Gasteiger partial charge in [-0.1, -0.05) is 0 Å². The summed E-state index contributed by atoms with van der Waals surface area (Å²) in [6, 6.07) is 12.7. The van der Waals surface area contributed by atoms with Gasteiger partial charge in [0.15, 0.2) is 0 Å². The zero-order valence-electron chi connectivity index (χ0n) is 13.3. The number of carbonyl (C=O) groups excluding carboxylic acids is 1. The Bertz CT molecular complexity index is 830. The maximum atomic E-state index is 12.5. The van der Waals surface area contributed by atoms with Crippen LogP contribution < -0.4 is 14.8 Å². The molecule has 0 atom stereocenters. The number of carbonyl (C=O) groups is 1. The van der Waals surface area contributed by atoms with Crippen LogP contribution in [0.25, 0.3) is 10.6 Å². The minimum atomic E-state index is -0.257. The summed E-state index contributed by atoms with van der Waals surface area (Å²) in [5.41, 5.74) is 2.13. The van der Waals surface area contributed by atoms with Crippen LogP contribution in [0.5, 0.6) is 11.5 Å². The van der Waals surface area contributed by atoms with Crippen molar-refractivity contribution in [3.63, 3.8) is 0 Å². The number of hydrogen-bond acceptors (Lipinski definition) is 5. The molecule has 0 fully saturated rings. The molecule has 0 saturated heterocycles. The van der Waals surface area contributed by atoms with E-state index < -0.39 is 0 Å². The number of anilines is 1. The number of hydrogen-bond donors (Lipinski definition) is 1. The molecule has 1 N–H and O–H groups in total. The van der Waals surface area contributed by atoms with Crippen molar-refractivity contribution in [2.45, 2.75) is 0 Å². The van der Waals surface area contributed by atoms with Crippen LogP contribution in [-0.2, 0) is 0 Å². The summed E-state index contributed by atoms with van der Waals surface area (Å²) in [4.78, 5) is 16.8. The number of benzene rings is 2. The second-order valence-electron chi connectivity index (χ2n) is 4.93. The Morgan fingerprint density at radius 1 is 1.08 bits per heavy atom. The Hall–Kier alpha value is -2.86. The van der Waals surface area contributed by atoms with Crippen molar-refractivity contribution in [1.29, 1.82) is 0 Å². The zero-order chi connectivity index (χ0) is 16.9. The van der Waals surface area contributed by atoms with Gasteiger partial charge in [-0.2, -0.15) is 0 Å². The van der Waals surface area contributed by atoms with Gasteiger partial charge in [0.1, 0.15) is 16.5 Å². The van der Waals surface area contributed by atoms with E-state index in [9.17, 15) is 4.79 Å². The molecule has 1 aromatic heterocycles. The van der Waals surface area contributed by atoms with Crippen molar-refractivity contribution < 1.29 is 14.3 Å². The van der Waals surface area contributed by atoms with E-state index >= 15 is 0 Å². The first-order valence-corrected chi connectivity index (χ1v) is 8.12. The lowest BCUT2D eigenvalue weighted by Gasteiger charge is -2.11. The predicted octanol–water partition coefficient (Wildman–Crippen LogP) is 4.08. The average molecular weight is 340 g/mol. The fraction of sp³-hybridized carbons (Fsp3) is 0.111. The van der Waals surface area contributed by atoms with E-state index in [0.29, 0.717) is 22.7 Å². The molecular formula is C18H16N2O3S. The van der Waals surface area contributed by atoms with E-state index in [1.807, 2.05) is 29.6 Å². The molecule has 0 unspecified atom stereocenters. The van der Waals surface area contributed by atoms with E-state index in [4.69, 9.17) is 9.47 Å². The van der Waals surface area contributed by atoms with E-state index in [-0.39, 0.29) is 5.91 Å². The number of methoxy groups -OCH3 is 2. The van der Waals surface area contributed by atoms with Crippen molar-refractivity contribution in [3.05, 3.63) is 59.6 Å². The van der Waals surface area contributed by atoms with Crippen LogP contribution >= 0.6 is 11.3 Å². The van der Waals surface area contributed by atoms with Crippen molar-refractivity contribution in [1.82, 2.24) is 4.98 Å². The molecule has 5 nitrogen and oxygen atoms in total. The minimum absolute atomic E-state index is 0.257. The fourth-order valence-electron chi connectivity index (χ4n) is 2.25. The molecule has 0 radical (unpaired) electrons. The summed E-state index contributed by atoms with van der Waals surface area (Å²) in [5.74, 6) is 0.834. The summed E-state index contributed by atoms with van der Waals surface area (Å²) in [7, 11) is 3.09. The zero-order valence-corrected chi connectivity index (χ0v) is 14.1. The van der Waals surface area contributed by atoms with Gasteiger partial charge in [0.05, 0.1) is 19.8 Å². The molecule has 1 heterocycles. The van der Waals surface area contributed by atoms with Crippen LogP contribution in [-0.4, -0.2) is 25.1 Å². The minimum Gasteiger partial charge on any atom is -0.497 e. The van der Waals surface area contributed by atoms with Crippen LogP contribution in [0, 0.1) is 0 Å². The number of thiazole rings is 1. The predicted molar refractivity (Wildman–Crippen MR) is 95.0 cm³/mol. The van der Waals surface area contributed by atoms with Crippen molar-refractivity contribution in [2.75, 3.05) is 19.5 Å². The van der Waals surface area contributed by atoms with Gasteiger partial charge in [0.2, 0.25) is 0 Å². The van der Waals surface area contributed by atoms with Crippen molar-refractivity contribution in [2.24, 2.45) is 0 Å². The first-order valence-electron chi connectivity index (χ1n) is 7.24. The van der Waals surface area contributed by atoms with Gasteiger partial charge in [-0.3, -0.25) is 4.79 Å². The Balaban J connectivity index is 1.80. The summed E-state index contributed by atoms with van der Waals surface area (Å²) >= 11 is 1.57. The molecule has 3 rings (SSSR count). The quantitative estimate of drug-likeness (QED) is 0.760. The van der Waals surface area contributed by atoms with Crippen molar-refractivity contribution in [3.8, 4) is 22.1 Å². The third kappa shape index (κ3) is 3.38. The van der Waals surface area contributed by atoms with E-state index in [0.717, 1.165) is 10.6 Å². The highest BCUT2D eigenvalue weighted by molar-refractivity contribution is 7.13.